The highest BCUT2D eigenvalue weighted by atomic mass is 16.5. The van der Waals surface area contributed by atoms with Crippen LogP contribution in [0.1, 0.15) is 78.6 Å². The maximum Gasteiger partial charge on any atom is 0.0588 e. The minimum Gasteiger partial charge on any atom is -0.378 e. The zero-order valence-corrected chi connectivity index (χ0v) is 13.4. The van der Waals surface area contributed by atoms with Crippen LogP contribution in [-0.2, 0) is 4.74 Å². The second-order valence-electron chi connectivity index (χ2n) is 6.22. The molecule has 2 heteroatoms. The molecule has 0 aromatic carbocycles. The highest BCUT2D eigenvalue weighted by molar-refractivity contribution is 4.77. The minimum atomic E-state index is 0.458. The lowest BCUT2D eigenvalue weighted by atomic mass is 9.99. The first-order valence-electron chi connectivity index (χ1n) is 8.62. The molecular weight excluding hydrogens is 234 g/mol. The molecule has 0 saturated carbocycles. The Hall–Kier alpha value is -0.0800. The van der Waals surface area contributed by atoms with Crippen LogP contribution in [0.25, 0.3) is 0 Å². The first-order valence-corrected chi connectivity index (χ1v) is 8.62. The molecule has 0 amide bonds. The van der Waals surface area contributed by atoms with Crippen molar-refractivity contribution in [3.63, 3.8) is 0 Å². The number of nitrogens with one attached hydrogen (secondary N) is 1. The third-order valence-electron chi connectivity index (χ3n) is 4.51. The smallest absolute Gasteiger partial charge is 0.0588 e. The van der Waals surface area contributed by atoms with Gasteiger partial charge in [-0.25, -0.2) is 0 Å². The third kappa shape index (κ3) is 7.31. The fourth-order valence-electron chi connectivity index (χ4n) is 2.99. The van der Waals surface area contributed by atoms with E-state index >= 15 is 0 Å². The van der Waals surface area contributed by atoms with Crippen molar-refractivity contribution < 1.29 is 4.74 Å². The molecule has 1 aliphatic heterocycles. The Bertz CT molecular complexity index is 197. The van der Waals surface area contributed by atoms with Gasteiger partial charge in [0.2, 0.25) is 0 Å². The molecule has 1 saturated heterocycles. The lowest BCUT2D eigenvalue weighted by Crippen LogP contribution is -2.35. The fourth-order valence-corrected chi connectivity index (χ4v) is 2.99. The standard InChI is InChI=1S/C17H35NO/c1-4-6-8-10-17(11-9-7-5-2)18-14-16-12-13-19-15(16)3/h15-18H,4-14H2,1-3H3. The van der Waals surface area contributed by atoms with E-state index in [1.807, 2.05) is 0 Å². The summed E-state index contributed by atoms with van der Waals surface area (Å²) in [5.41, 5.74) is 0. The first-order chi connectivity index (χ1) is 9.27. The molecule has 0 aromatic rings. The van der Waals surface area contributed by atoms with E-state index < -0.39 is 0 Å². The van der Waals surface area contributed by atoms with Gasteiger partial charge in [-0.05, 0) is 32.1 Å². The van der Waals surface area contributed by atoms with Crippen molar-refractivity contribution in [2.75, 3.05) is 13.2 Å². The predicted molar refractivity (Wildman–Crippen MR) is 83.6 cm³/mol. The number of hydrogen-bond acceptors (Lipinski definition) is 2. The molecule has 2 unspecified atom stereocenters. The van der Waals surface area contributed by atoms with Gasteiger partial charge in [0.05, 0.1) is 6.10 Å². The Morgan fingerprint density at radius 2 is 1.68 bits per heavy atom. The fraction of sp³-hybridized carbons (Fsp3) is 1.00. The summed E-state index contributed by atoms with van der Waals surface area (Å²) in [6.45, 7) is 8.92. The summed E-state index contributed by atoms with van der Waals surface area (Å²) in [5.74, 6) is 0.736. The van der Waals surface area contributed by atoms with Gasteiger partial charge in [-0.15, -0.1) is 0 Å². The Balaban J connectivity index is 2.21. The maximum absolute atomic E-state index is 5.65. The minimum absolute atomic E-state index is 0.458. The van der Waals surface area contributed by atoms with Crippen LogP contribution in [0.3, 0.4) is 0 Å². The molecule has 19 heavy (non-hydrogen) atoms. The second-order valence-corrected chi connectivity index (χ2v) is 6.22. The number of rotatable bonds is 11. The molecule has 1 aliphatic rings. The van der Waals surface area contributed by atoms with Crippen LogP contribution in [0.4, 0.5) is 0 Å². The number of unbranched alkanes of at least 4 members (excludes halogenated alkanes) is 4. The summed E-state index contributed by atoms with van der Waals surface area (Å²) in [7, 11) is 0. The van der Waals surface area contributed by atoms with Crippen LogP contribution in [0.15, 0.2) is 0 Å². The van der Waals surface area contributed by atoms with E-state index in [1.54, 1.807) is 0 Å². The summed E-state index contributed by atoms with van der Waals surface area (Å²) in [5, 5.41) is 3.83. The van der Waals surface area contributed by atoms with Crippen LogP contribution in [0.2, 0.25) is 0 Å². The van der Waals surface area contributed by atoms with Crippen molar-refractivity contribution in [3.8, 4) is 0 Å². The summed E-state index contributed by atoms with van der Waals surface area (Å²) < 4.78 is 5.65. The van der Waals surface area contributed by atoms with Gasteiger partial charge in [-0.3, -0.25) is 0 Å². The van der Waals surface area contributed by atoms with Gasteiger partial charge in [0.1, 0.15) is 0 Å². The van der Waals surface area contributed by atoms with E-state index in [2.05, 4.69) is 26.1 Å². The van der Waals surface area contributed by atoms with Gasteiger partial charge in [0, 0.05) is 19.2 Å². The first kappa shape index (κ1) is 17.0. The average molecular weight is 269 g/mol. The van der Waals surface area contributed by atoms with E-state index in [9.17, 15) is 0 Å². The topological polar surface area (TPSA) is 21.3 Å². The van der Waals surface area contributed by atoms with Crippen molar-refractivity contribution in [1.29, 1.82) is 0 Å². The molecule has 2 nitrogen and oxygen atoms in total. The second kappa shape index (κ2) is 10.7. The lowest BCUT2D eigenvalue weighted by molar-refractivity contribution is 0.104. The van der Waals surface area contributed by atoms with Crippen molar-refractivity contribution >= 4 is 0 Å². The Morgan fingerprint density at radius 3 is 2.16 bits per heavy atom. The van der Waals surface area contributed by atoms with Gasteiger partial charge < -0.3 is 10.1 Å². The van der Waals surface area contributed by atoms with Crippen LogP contribution < -0.4 is 5.32 Å². The summed E-state index contributed by atoms with van der Waals surface area (Å²) in [6, 6.07) is 0.742. The van der Waals surface area contributed by atoms with E-state index in [0.717, 1.165) is 25.1 Å². The molecule has 0 aliphatic carbocycles. The van der Waals surface area contributed by atoms with Crippen LogP contribution in [0, 0.1) is 5.92 Å². The zero-order chi connectivity index (χ0) is 13.9. The summed E-state index contributed by atoms with van der Waals surface area (Å²) in [6.07, 6.45) is 12.6. The van der Waals surface area contributed by atoms with Crippen LogP contribution >= 0.6 is 0 Å². The molecule has 0 radical (unpaired) electrons. The molecular formula is C17H35NO. The van der Waals surface area contributed by atoms with E-state index in [-0.39, 0.29) is 0 Å². The Kier molecular flexibility index (Phi) is 9.54. The molecule has 1 rings (SSSR count). The quantitative estimate of drug-likeness (QED) is 0.556. The van der Waals surface area contributed by atoms with Crippen molar-refractivity contribution in [3.05, 3.63) is 0 Å². The third-order valence-corrected chi connectivity index (χ3v) is 4.51. The molecule has 1 fully saturated rings. The number of ether oxygens (including phenoxy) is 1. The Morgan fingerprint density at radius 1 is 1.05 bits per heavy atom. The van der Waals surface area contributed by atoms with E-state index in [0.29, 0.717) is 6.10 Å². The normalized spacial score (nSPS) is 23.4. The molecule has 2 atom stereocenters. The predicted octanol–water partition coefficient (Wildman–Crippen LogP) is 4.53. The summed E-state index contributed by atoms with van der Waals surface area (Å²) in [4.78, 5) is 0. The number of hydrogen-bond donors (Lipinski definition) is 1. The van der Waals surface area contributed by atoms with Crippen molar-refractivity contribution in [2.24, 2.45) is 5.92 Å². The Labute approximate surface area is 120 Å². The molecule has 0 spiro atoms. The molecule has 114 valence electrons. The van der Waals surface area contributed by atoms with Crippen LogP contribution in [0.5, 0.6) is 0 Å². The van der Waals surface area contributed by atoms with Gasteiger partial charge in [0.15, 0.2) is 0 Å². The lowest BCUT2D eigenvalue weighted by Gasteiger charge is -2.22. The van der Waals surface area contributed by atoms with Crippen molar-refractivity contribution in [2.45, 2.75) is 90.7 Å². The van der Waals surface area contributed by atoms with Gasteiger partial charge in [-0.1, -0.05) is 52.4 Å². The van der Waals surface area contributed by atoms with Crippen LogP contribution in [-0.4, -0.2) is 25.3 Å². The maximum atomic E-state index is 5.65. The molecule has 1 heterocycles. The van der Waals surface area contributed by atoms with Gasteiger partial charge in [-0.2, -0.15) is 0 Å². The van der Waals surface area contributed by atoms with Crippen molar-refractivity contribution in [1.82, 2.24) is 5.32 Å². The summed E-state index contributed by atoms with van der Waals surface area (Å²) >= 11 is 0. The average Bonchev–Trinajstić information content (AvgIpc) is 2.81. The monoisotopic (exact) mass is 269 g/mol. The van der Waals surface area contributed by atoms with Gasteiger partial charge in [0.25, 0.3) is 0 Å². The molecule has 0 aromatic heterocycles. The van der Waals surface area contributed by atoms with E-state index in [4.69, 9.17) is 4.74 Å². The highest BCUT2D eigenvalue weighted by Crippen LogP contribution is 2.20. The highest BCUT2D eigenvalue weighted by Gasteiger charge is 2.24. The molecule has 0 bridgehead atoms. The molecule has 1 N–H and O–H groups in total. The zero-order valence-electron chi connectivity index (χ0n) is 13.4. The SMILES string of the molecule is CCCCCC(CCCCC)NCC1CCOC1C. The van der Waals surface area contributed by atoms with Gasteiger partial charge >= 0.3 is 0 Å². The largest absolute Gasteiger partial charge is 0.378 e. The van der Waals surface area contributed by atoms with E-state index in [1.165, 1.54) is 57.8 Å².